The number of rotatable bonds is 7. The molecule has 1 aliphatic rings. The lowest BCUT2D eigenvalue weighted by atomic mass is 9.96. The van der Waals surface area contributed by atoms with Gasteiger partial charge in [-0.15, -0.1) is 0 Å². The number of nitrogens with zero attached hydrogens (tertiary/aromatic N) is 5. The lowest BCUT2D eigenvalue weighted by molar-refractivity contribution is -0.166. The van der Waals surface area contributed by atoms with E-state index < -0.39 is 55.0 Å². The number of aromatic nitrogens is 2. The molecule has 12 nitrogen and oxygen atoms in total. The lowest BCUT2D eigenvalue weighted by Gasteiger charge is -2.30. The zero-order valence-corrected chi connectivity index (χ0v) is 15.3. The molecule has 1 aliphatic heterocycles. The van der Waals surface area contributed by atoms with Crippen molar-refractivity contribution >= 4 is 11.8 Å². The average Bonchev–Trinajstić information content (AvgIpc) is 2.89. The van der Waals surface area contributed by atoms with Crippen molar-refractivity contribution in [1.82, 2.24) is 9.55 Å². The number of ether oxygens (including phenoxy) is 2. The number of aliphatic hydroxyl groups is 1. The summed E-state index contributed by atoms with van der Waals surface area (Å²) in [4.78, 5) is 30.1. The van der Waals surface area contributed by atoms with Crippen LogP contribution in [0, 0.1) is 5.92 Å². The van der Waals surface area contributed by atoms with E-state index in [4.69, 9.17) is 26.5 Å². The third kappa shape index (κ3) is 4.22. The summed E-state index contributed by atoms with van der Waals surface area (Å²) < 4.78 is 26.2. The molecule has 1 aromatic rings. The number of carbonyl (C=O) groups excluding carboxylic acids is 1. The molecular weight excluding hydrogens is 377 g/mol. The number of alkyl halides is 1. The number of azide groups is 1. The molecule has 2 unspecified atom stereocenters. The zero-order valence-electron chi connectivity index (χ0n) is 15.3. The molecule has 0 aliphatic carbocycles. The minimum atomic E-state index is -2.10. The Morgan fingerprint density at radius 3 is 2.89 bits per heavy atom. The molecule has 28 heavy (non-hydrogen) atoms. The van der Waals surface area contributed by atoms with Crippen LogP contribution in [0.4, 0.5) is 10.2 Å². The van der Waals surface area contributed by atoms with Crippen molar-refractivity contribution in [2.75, 3.05) is 18.9 Å². The fraction of sp³-hybridized carbons (Fsp3) is 0.667. The van der Waals surface area contributed by atoms with E-state index in [1.165, 1.54) is 6.07 Å². The summed E-state index contributed by atoms with van der Waals surface area (Å²) >= 11 is 0. The second kappa shape index (κ2) is 8.52. The highest BCUT2D eigenvalue weighted by Gasteiger charge is 2.56. The van der Waals surface area contributed by atoms with Crippen LogP contribution in [-0.4, -0.2) is 57.7 Å². The highest BCUT2D eigenvalue weighted by molar-refractivity contribution is 5.75. The number of carbonyl (C=O) groups is 1. The van der Waals surface area contributed by atoms with Crippen LogP contribution >= 0.6 is 0 Å². The molecule has 1 saturated heterocycles. The van der Waals surface area contributed by atoms with Gasteiger partial charge in [-0.3, -0.25) is 9.36 Å². The third-order valence-corrected chi connectivity index (χ3v) is 4.44. The molecule has 5 atom stereocenters. The van der Waals surface area contributed by atoms with Crippen LogP contribution in [-0.2, 0) is 14.3 Å². The number of nitrogen functional groups attached to an aromatic ring is 1. The topological polar surface area (TPSA) is 191 Å². The molecule has 0 aromatic carbocycles. The first kappa shape index (κ1) is 21.6. The summed E-state index contributed by atoms with van der Waals surface area (Å²) in [5, 5.41) is 13.7. The van der Waals surface area contributed by atoms with Crippen molar-refractivity contribution in [3.05, 3.63) is 33.2 Å². The molecule has 2 heterocycles. The average molecular weight is 399 g/mol. The Bertz CT molecular complexity index is 827. The highest BCUT2D eigenvalue weighted by atomic mass is 19.1. The van der Waals surface area contributed by atoms with E-state index in [1.807, 2.05) is 0 Å². The first-order valence-electron chi connectivity index (χ1n) is 8.40. The first-order chi connectivity index (χ1) is 13.1. The predicted octanol–water partition coefficient (Wildman–Crippen LogP) is -0.371. The number of hydrogen-bond donors (Lipinski definition) is 3. The lowest BCUT2D eigenvalue weighted by Crippen LogP contribution is -2.50. The Kier molecular flexibility index (Phi) is 6.56. The van der Waals surface area contributed by atoms with E-state index in [1.54, 1.807) is 13.8 Å². The Labute approximate surface area is 158 Å². The minimum Gasteiger partial charge on any atom is -0.461 e. The number of esters is 1. The van der Waals surface area contributed by atoms with Crippen LogP contribution in [0.1, 0.15) is 20.1 Å². The van der Waals surface area contributed by atoms with Gasteiger partial charge >= 0.3 is 11.7 Å². The van der Waals surface area contributed by atoms with Gasteiger partial charge in [-0.05, 0) is 17.5 Å². The van der Waals surface area contributed by atoms with Crippen molar-refractivity contribution in [2.45, 2.75) is 44.0 Å². The number of halogens is 1. The van der Waals surface area contributed by atoms with Gasteiger partial charge in [0.15, 0.2) is 12.4 Å². The van der Waals surface area contributed by atoms with Gasteiger partial charge in [0.2, 0.25) is 0 Å². The Morgan fingerprint density at radius 1 is 1.64 bits per heavy atom. The third-order valence-electron chi connectivity index (χ3n) is 4.44. The number of nitrogens with two attached hydrogens (primary N) is 2. The summed E-state index contributed by atoms with van der Waals surface area (Å²) in [7, 11) is 0. The Balaban J connectivity index is 2.31. The first-order valence-corrected chi connectivity index (χ1v) is 8.40. The van der Waals surface area contributed by atoms with Crippen molar-refractivity contribution < 1.29 is 23.8 Å². The van der Waals surface area contributed by atoms with Crippen molar-refractivity contribution in [1.29, 1.82) is 0 Å². The molecule has 2 rings (SSSR count). The second-order valence-electron chi connectivity index (χ2n) is 6.77. The molecule has 5 N–H and O–H groups in total. The number of aliphatic hydroxyl groups excluding tert-OH is 1. The molecular formula is C15H22FN7O5. The summed E-state index contributed by atoms with van der Waals surface area (Å²) in [6.45, 7) is 2.22. The second-order valence-corrected chi connectivity index (χ2v) is 6.77. The quantitative estimate of drug-likeness (QED) is 0.239. The van der Waals surface area contributed by atoms with Crippen LogP contribution in [0.15, 0.2) is 22.2 Å². The van der Waals surface area contributed by atoms with Crippen molar-refractivity contribution in [3.63, 3.8) is 0 Å². The molecule has 0 amide bonds. The fourth-order valence-corrected chi connectivity index (χ4v) is 2.66. The maximum absolute atomic E-state index is 14.8. The normalized spacial score (nSPS) is 28.0. The number of hydrogen-bond acceptors (Lipinski definition) is 9. The summed E-state index contributed by atoms with van der Waals surface area (Å²) in [6, 6.07) is 0.301. The van der Waals surface area contributed by atoms with Gasteiger partial charge in [0.25, 0.3) is 0 Å². The SMILES string of the molecule is CC(C)C(N)C(=O)OC[C@@]1(CN=[N+]=[N-])OC(n2ccc(N)nc2=O)[C@H](F)[C@@H]1O. The number of anilines is 1. The van der Waals surface area contributed by atoms with Gasteiger partial charge in [0, 0.05) is 11.1 Å². The molecule has 0 bridgehead atoms. The summed E-state index contributed by atoms with van der Waals surface area (Å²) in [5.74, 6) is -1.10. The van der Waals surface area contributed by atoms with Gasteiger partial charge in [0.1, 0.15) is 30.2 Å². The molecule has 13 heteroatoms. The smallest absolute Gasteiger partial charge is 0.351 e. The van der Waals surface area contributed by atoms with Crippen LogP contribution in [0.3, 0.4) is 0 Å². The Hall–Kier alpha value is -2.73. The van der Waals surface area contributed by atoms with E-state index in [-0.39, 0.29) is 11.7 Å². The molecule has 154 valence electrons. The van der Waals surface area contributed by atoms with Gasteiger partial charge in [0.05, 0.1) is 6.54 Å². The Morgan fingerprint density at radius 2 is 2.32 bits per heavy atom. The van der Waals surface area contributed by atoms with Crippen LogP contribution < -0.4 is 17.2 Å². The fourth-order valence-electron chi connectivity index (χ4n) is 2.66. The zero-order chi connectivity index (χ0) is 21.1. The van der Waals surface area contributed by atoms with E-state index >= 15 is 0 Å². The van der Waals surface area contributed by atoms with Crippen LogP contribution in [0.5, 0.6) is 0 Å². The molecule has 1 aromatic heterocycles. The largest absolute Gasteiger partial charge is 0.461 e. The maximum Gasteiger partial charge on any atom is 0.351 e. The minimum absolute atomic E-state index is 0.0767. The maximum atomic E-state index is 14.8. The van der Waals surface area contributed by atoms with Gasteiger partial charge in [-0.2, -0.15) is 4.98 Å². The van der Waals surface area contributed by atoms with E-state index in [2.05, 4.69) is 15.0 Å². The summed E-state index contributed by atoms with van der Waals surface area (Å²) in [5.41, 5.74) is 16.9. The van der Waals surface area contributed by atoms with Crippen molar-refractivity contribution in [2.24, 2.45) is 16.8 Å². The van der Waals surface area contributed by atoms with Gasteiger partial charge in [-0.1, -0.05) is 19.0 Å². The molecule has 0 saturated carbocycles. The molecule has 0 radical (unpaired) electrons. The standard InChI is InChI=1S/C15H22FN7O5/c1-7(2)10(18)13(25)27-6-15(5-20-22-19)11(24)9(16)12(28-15)23-4-3-8(17)21-14(23)26/h3-4,7,9-12,24H,5-6,18H2,1-2H3,(H2,17,21,26)/t9-,10?,11+,12?,15-/m1/s1. The predicted molar refractivity (Wildman–Crippen MR) is 94.5 cm³/mol. The van der Waals surface area contributed by atoms with Gasteiger partial charge in [-0.25, -0.2) is 9.18 Å². The van der Waals surface area contributed by atoms with Crippen LogP contribution in [0.25, 0.3) is 10.4 Å². The van der Waals surface area contributed by atoms with E-state index in [0.717, 1.165) is 10.8 Å². The van der Waals surface area contributed by atoms with Crippen LogP contribution in [0.2, 0.25) is 0 Å². The molecule has 1 fully saturated rings. The molecule has 0 spiro atoms. The van der Waals surface area contributed by atoms with E-state index in [0.29, 0.717) is 0 Å². The van der Waals surface area contributed by atoms with Crippen molar-refractivity contribution in [3.8, 4) is 0 Å². The van der Waals surface area contributed by atoms with Gasteiger partial charge < -0.3 is 26.0 Å². The highest BCUT2D eigenvalue weighted by Crippen LogP contribution is 2.39. The summed E-state index contributed by atoms with van der Waals surface area (Å²) in [6.07, 6.45) is -4.41. The monoisotopic (exact) mass is 399 g/mol. The van der Waals surface area contributed by atoms with E-state index in [9.17, 15) is 19.1 Å².